The fourth-order valence-electron chi connectivity index (χ4n) is 9.80. The minimum absolute atomic E-state index is 0.222. The number of fused-ring (bicyclic) bond motifs is 3. The number of methoxy groups -OCH3 is 7. The van der Waals surface area contributed by atoms with Crippen LogP contribution in [0.5, 0.6) is 40.4 Å². The van der Waals surface area contributed by atoms with Crippen LogP contribution < -0.4 is 43.5 Å². The van der Waals surface area contributed by atoms with Crippen molar-refractivity contribution >= 4 is 46.0 Å². The summed E-state index contributed by atoms with van der Waals surface area (Å²) in [5.41, 5.74) is 3.79. The van der Waals surface area contributed by atoms with Gasteiger partial charge in [0.05, 0.1) is 95.3 Å². The summed E-state index contributed by atoms with van der Waals surface area (Å²) in [5.74, 6) is 8.36. The van der Waals surface area contributed by atoms with E-state index in [2.05, 4.69) is 93.3 Å². The van der Waals surface area contributed by atoms with Crippen LogP contribution in [0.2, 0.25) is 5.04 Å². The van der Waals surface area contributed by atoms with Crippen molar-refractivity contribution in [3.05, 3.63) is 143 Å². The lowest BCUT2D eigenvalue weighted by molar-refractivity contribution is 0.0955. The number of pyridine rings is 1. The molecule has 1 heterocycles. The van der Waals surface area contributed by atoms with Gasteiger partial charge >= 0.3 is 0 Å². The summed E-state index contributed by atoms with van der Waals surface area (Å²) in [4.78, 5) is 20.8. The quantitative estimate of drug-likeness (QED) is 0.0596. The van der Waals surface area contributed by atoms with Gasteiger partial charge in [0.2, 0.25) is 5.88 Å². The van der Waals surface area contributed by atoms with Gasteiger partial charge in [-0.1, -0.05) is 118 Å². The van der Waals surface area contributed by atoms with Gasteiger partial charge in [-0.25, -0.2) is 4.98 Å². The lowest BCUT2D eigenvalue weighted by Gasteiger charge is -2.43. The average molecular weight is 902 g/mol. The van der Waals surface area contributed by atoms with Gasteiger partial charge in [0.25, 0.3) is 8.32 Å². The highest BCUT2D eigenvalue weighted by Crippen LogP contribution is 2.55. The number of nitrogens with zero attached hydrogens (tertiary/aromatic N) is 1. The summed E-state index contributed by atoms with van der Waals surface area (Å²) < 4.78 is 49.8. The number of hydrogen-bond acceptors (Lipinski definition) is 10. The number of Topliss-reactive ketones (excluding diaryl/α,β-unsaturated/α-hetero) is 1. The summed E-state index contributed by atoms with van der Waals surface area (Å²) in [7, 11) is 8.06. The molecular formula is C55H55NO9Si. The Labute approximate surface area is 387 Å². The van der Waals surface area contributed by atoms with Crippen molar-refractivity contribution in [1.29, 1.82) is 0 Å². The van der Waals surface area contributed by atoms with Gasteiger partial charge in [-0.05, 0) is 57.4 Å². The van der Waals surface area contributed by atoms with E-state index >= 15 is 4.79 Å². The van der Waals surface area contributed by atoms with E-state index < -0.39 is 14.2 Å². The fourth-order valence-corrected chi connectivity index (χ4v) is 14.3. The first kappa shape index (κ1) is 45.6. The number of ether oxygens (including phenoxy) is 7. The topological polar surface area (TPSA) is 104 Å². The van der Waals surface area contributed by atoms with Crippen LogP contribution in [0.1, 0.15) is 71.4 Å². The molecule has 1 aromatic heterocycles. The molecule has 1 aliphatic carbocycles. The minimum atomic E-state index is -2.89. The number of aromatic nitrogens is 1. The molecule has 0 N–H and O–H groups in total. The van der Waals surface area contributed by atoms with E-state index in [9.17, 15) is 0 Å². The number of aryl methyl sites for hydroxylation is 1. The van der Waals surface area contributed by atoms with E-state index in [1.165, 1.54) is 17.5 Å². The first-order valence-corrected chi connectivity index (χ1v) is 23.7. The molecule has 0 fully saturated rings. The molecule has 7 aromatic rings. The molecule has 0 bridgehead atoms. The van der Waals surface area contributed by atoms with E-state index in [1.54, 1.807) is 48.7 Å². The molecule has 0 aliphatic heterocycles. The average Bonchev–Trinajstić information content (AvgIpc) is 3.77. The zero-order chi connectivity index (χ0) is 46.8. The van der Waals surface area contributed by atoms with Crippen molar-refractivity contribution < 1.29 is 42.4 Å². The summed E-state index contributed by atoms with van der Waals surface area (Å²) in [6.07, 6.45) is 1.11. The summed E-state index contributed by atoms with van der Waals surface area (Å²) in [5, 5.41) is 4.64. The van der Waals surface area contributed by atoms with Crippen LogP contribution in [0, 0.1) is 11.8 Å². The third-order valence-electron chi connectivity index (χ3n) is 12.6. The van der Waals surface area contributed by atoms with Crippen LogP contribution in [0.15, 0.2) is 109 Å². The van der Waals surface area contributed by atoms with E-state index in [1.807, 2.05) is 42.5 Å². The van der Waals surface area contributed by atoms with Crippen molar-refractivity contribution in [3.8, 4) is 52.2 Å². The van der Waals surface area contributed by atoms with Crippen LogP contribution in [0.4, 0.5) is 0 Å². The van der Waals surface area contributed by atoms with Crippen molar-refractivity contribution in [2.24, 2.45) is 0 Å². The van der Waals surface area contributed by atoms with E-state index in [0.717, 1.165) is 27.8 Å². The highest BCUT2D eigenvalue weighted by Gasteiger charge is 2.50. The molecular weight excluding hydrogens is 847 g/mol. The van der Waals surface area contributed by atoms with Gasteiger partial charge < -0.3 is 37.6 Å². The van der Waals surface area contributed by atoms with Crippen LogP contribution in [-0.4, -0.2) is 68.9 Å². The molecule has 1 atom stereocenters. The molecule has 6 aromatic carbocycles. The van der Waals surface area contributed by atoms with Gasteiger partial charge in [0.1, 0.15) is 23.0 Å². The maximum Gasteiger partial charge on any atom is 0.261 e. The second-order valence-electron chi connectivity index (χ2n) is 17.1. The Hall–Kier alpha value is -7.00. The summed E-state index contributed by atoms with van der Waals surface area (Å²) in [6.45, 7) is 7.02. The van der Waals surface area contributed by atoms with Gasteiger partial charge in [-0.2, -0.15) is 0 Å². The number of benzene rings is 6. The number of hydrogen-bond donors (Lipinski definition) is 0. The highest BCUT2D eigenvalue weighted by atomic mass is 28.4. The molecule has 0 spiro atoms. The predicted molar refractivity (Wildman–Crippen MR) is 262 cm³/mol. The Morgan fingerprint density at radius 3 is 1.77 bits per heavy atom. The van der Waals surface area contributed by atoms with E-state index in [0.29, 0.717) is 69.2 Å². The molecule has 0 radical (unpaired) electrons. The van der Waals surface area contributed by atoms with E-state index in [4.69, 9.17) is 42.6 Å². The third-order valence-corrected chi connectivity index (χ3v) is 17.6. The van der Waals surface area contributed by atoms with E-state index in [-0.39, 0.29) is 28.7 Å². The zero-order valence-electron chi connectivity index (χ0n) is 39.2. The maximum absolute atomic E-state index is 15.7. The minimum Gasteiger partial charge on any atom is -0.496 e. The lowest BCUT2D eigenvalue weighted by atomic mass is 9.85. The molecule has 1 unspecified atom stereocenters. The number of rotatable bonds is 14. The van der Waals surface area contributed by atoms with Crippen molar-refractivity contribution in [2.45, 2.75) is 51.2 Å². The Balaban J connectivity index is 1.29. The summed E-state index contributed by atoms with van der Waals surface area (Å²) >= 11 is 0. The Morgan fingerprint density at radius 2 is 1.23 bits per heavy atom. The largest absolute Gasteiger partial charge is 0.496 e. The van der Waals surface area contributed by atoms with Crippen molar-refractivity contribution in [1.82, 2.24) is 4.98 Å². The normalized spacial score (nSPS) is 13.4. The third kappa shape index (κ3) is 7.74. The Bertz CT molecular complexity index is 2950. The van der Waals surface area contributed by atoms with Crippen LogP contribution in [-0.2, 0) is 17.5 Å². The lowest BCUT2D eigenvalue weighted by Crippen LogP contribution is -2.66. The number of carbonyl (C=O) groups is 1. The monoisotopic (exact) mass is 901 g/mol. The highest BCUT2D eigenvalue weighted by molar-refractivity contribution is 6.99. The van der Waals surface area contributed by atoms with Gasteiger partial charge in [-0.15, -0.1) is 0 Å². The molecule has 10 nitrogen and oxygen atoms in total. The molecule has 1 aliphatic rings. The first-order valence-electron chi connectivity index (χ1n) is 21.8. The van der Waals surface area contributed by atoms with Crippen LogP contribution in [0.25, 0.3) is 21.5 Å². The second kappa shape index (κ2) is 18.8. The molecule has 8 rings (SSSR count). The van der Waals surface area contributed by atoms with Gasteiger partial charge in [-0.3, -0.25) is 4.79 Å². The SMILES string of the molecule is COc1cc(OC)c2c(OC)c(C(=O)C3CCc4cc5cc(CO[Si](c6ccccc6)(c6ccccc6)C(C)(C)C)nc(OC)c5c(OC)c43)c(C#Cc3ccccc3)c(OC)c2c1OC. The zero-order valence-corrected chi connectivity index (χ0v) is 40.2. The Morgan fingerprint density at radius 1 is 0.636 bits per heavy atom. The van der Waals surface area contributed by atoms with Gasteiger partial charge in [0, 0.05) is 17.2 Å². The Kier molecular flexibility index (Phi) is 13.0. The van der Waals surface area contributed by atoms with Crippen LogP contribution >= 0.6 is 0 Å². The van der Waals surface area contributed by atoms with Gasteiger partial charge in [0.15, 0.2) is 17.3 Å². The second-order valence-corrected chi connectivity index (χ2v) is 21.4. The smallest absolute Gasteiger partial charge is 0.261 e. The molecule has 0 saturated heterocycles. The molecule has 338 valence electrons. The molecule has 66 heavy (non-hydrogen) atoms. The number of ketones is 1. The first-order chi connectivity index (χ1) is 32.0. The van der Waals surface area contributed by atoms with Crippen LogP contribution in [0.3, 0.4) is 0 Å². The predicted octanol–water partition coefficient (Wildman–Crippen LogP) is 9.84. The van der Waals surface area contributed by atoms with Crippen molar-refractivity contribution in [3.63, 3.8) is 0 Å². The molecule has 0 saturated carbocycles. The summed E-state index contributed by atoms with van der Waals surface area (Å²) in [6, 6.07) is 36.5. The maximum atomic E-state index is 15.7. The number of carbonyl (C=O) groups excluding carboxylic acids is 1. The fraction of sp³-hybridized carbons (Fsp3) is 0.273. The molecule has 11 heteroatoms. The van der Waals surface area contributed by atoms with Crippen molar-refractivity contribution in [2.75, 3.05) is 49.8 Å². The molecule has 0 amide bonds. The standard InChI is InChI=1S/C55H55NO9Si/c1-55(2,3)66(38-22-16-12-17-23-38,39-24-18-13-19-25-39)65-33-37-31-36-30-35-27-29-40(44(35)52(62-8)45(36)54(56-37)64-10)49(57)46-41(28-26-34-20-14-11-15-21-34)50(60-6)48-47(53(46)63-9)42(58-4)32-43(59-5)51(48)61-7/h11-25,30-32,40H,27,29,33H2,1-10H3.